The summed E-state index contributed by atoms with van der Waals surface area (Å²) in [6.45, 7) is 6.13. The van der Waals surface area contributed by atoms with Crippen LogP contribution in [-0.4, -0.2) is 5.12 Å². The average molecular weight is 194 g/mol. The zero-order chi connectivity index (χ0) is 10.0. The Kier molecular flexibility index (Phi) is 3.15. The quantitative estimate of drug-likeness (QED) is 0.716. The third kappa shape index (κ3) is 2.59. The first-order valence-electron chi connectivity index (χ1n) is 4.29. The fourth-order valence-corrected chi connectivity index (χ4v) is 1.80. The van der Waals surface area contributed by atoms with Crippen LogP contribution in [0.1, 0.15) is 22.3 Å². The molecule has 1 aromatic rings. The van der Waals surface area contributed by atoms with Gasteiger partial charge in [0.25, 0.3) is 0 Å². The van der Waals surface area contributed by atoms with Crippen LogP contribution in [-0.2, 0) is 11.2 Å². The molecule has 0 atom stereocenters. The average Bonchev–Trinajstić information content (AvgIpc) is 1.96. The molecule has 0 aliphatic rings. The summed E-state index contributed by atoms with van der Waals surface area (Å²) in [5.41, 5.74) is 4.72. The molecule has 1 rings (SSSR count). The standard InChI is InChI=1S/C11H14OS/c1-7-4-8(2)10(6-11(12)13)9(3)5-7/h4-5H,6H2,1-3H3,(H,12,13). The summed E-state index contributed by atoms with van der Waals surface area (Å²) in [5, 5.41) is -0.0740. The topological polar surface area (TPSA) is 17.1 Å². The van der Waals surface area contributed by atoms with Gasteiger partial charge in [0.05, 0.1) is 0 Å². The lowest BCUT2D eigenvalue weighted by atomic mass is 9.98. The first-order chi connectivity index (χ1) is 6.00. The van der Waals surface area contributed by atoms with Gasteiger partial charge < -0.3 is 0 Å². The van der Waals surface area contributed by atoms with Crippen LogP contribution in [0.5, 0.6) is 0 Å². The second-order valence-corrected chi connectivity index (χ2v) is 3.95. The summed E-state index contributed by atoms with van der Waals surface area (Å²) in [5.74, 6) is 0. The van der Waals surface area contributed by atoms with E-state index in [4.69, 9.17) is 0 Å². The summed E-state index contributed by atoms with van der Waals surface area (Å²) >= 11 is 3.79. The van der Waals surface area contributed by atoms with Crippen LogP contribution in [0.4, 0.5) is 0 Å². The van der Waals surface area contributed by atoms with E-state index in [0.29, 0.717) is 6.42 Å². The van der Waals surface area contributed by atoms with Crippen molar-refractivity contribution in [1.29, 1.82) is 0 Å². The predicted molar refractivity (Wildman–Crippen MR) is 58.4 cm³/mol. The first kappa shape index (κ1) is 10.3. The molecule has 0 radical (unpaired) electrons. The van der Waals surface area contributed by atoms with Crippen LogP contribution < -0.4 is 0 Å². The monoisotopic (exact) mass is 194 g/mol. The van der Waals surface area contributed by atoms with Crippen molar-refractivity contribution in [2.75, 3.05) is 0 Å². The normalized spacial score (nSPS) is 10.2. The smallest absolute Gasteiger partial charge is 0.190 e. The molecule has 0 saturated carbocycles. The van der Waals surface area contributed by atoms with E-state index < -0.39 is 0 Å². The minimum atomic E-state index is -0.0740. The molecular weight excluding hydrogens is 180 g/mol. The molecule has 0 saturated heterocycles. The molecule has 0 unspecified atom stereocenters. The molecule has 0 aromatic heterocycles. The predicted octanol–water partition coefficient (Wildman–Crippen LogP) is 2.61. The van der Waals surface area contributed by atoms with Gasteiger partial charge in [0.15, 0.2) is 5.12 Å². The fourth-order valence-electron chi connectivity index (χ4n) is 1.64. The second-order valence-electron chi connectivity index (χ2n) is 3.45. The maximum absolute atomic E-state index is 10.9. The Labute approximate surface area is 84.6 Å². The number of carbonyl (C=O) groups excluding carboxylic acids is 1. The van der Waals surface area contributed by atoms with Crippen molar-refractivity contribution in [3.05, 3.63) is 34.4 Å². The molecule has 13 heavy (non-hydrogen) atoms. The number of benzene rings is 1. The lowest BCUT2D eigenvalue weighted by Gasteiger charge is -2.08. The van der Waals surface area contributed by atoms with Gasteiger partial charge in [-0.25, -0.2) is 0 Å². The Morgan fingerprint density at radius 2 is 1.69 bits per heavy atom. The van der Waals surface area contributed by atoms with E-state index in [9.17, 15) is 4.79 Å². The van der Waals surface area contributed by atoms with Crippen molar-refractivity contribution in [3.8, 4) is 0 Å². The second kappa shape index (κ2) is 3.97. The highest BCUT2D eigenvalue weighted by Gasteiger charge is 2.06. The summed E-state index contributed by atoms with van der Waals surface area (Å²) in [6, 6.07) is 4.19. The zero-order valence-electron chi connectivity index (χ0n) is 8.22. The van der Waals surface area contributed by atoms with Gasteiger partial charge in [0.1, 0.15) is 0 Å². The van der Waals surface area contributed by atoms with Crippen LogP contribution in [0, 0.1) is 20.8 Å². The Hall–Kier alpha value is -0.760. The Balaban J connectivity index is 3.13. The first-order valence-corrected chi connectivity index (χ1v) is 4.74. The van der Waals surface area contributed by atoms with Gasteiger partial charge in [-0.15, -0.1) is 12.6 Å². The lowest BCUT2D eigenvalue weighted by molar-refractivity contribution is -0.110. The van der Waals surface area contributed by atoms with Crippen molar-refractivity contribution < 1.29 is 4.79 Å². The minimum Gasteiger partial charge on any atom is -0.287 e. The van der Waals surface area contributed by atoms with Gasteiger partial charge >= 0.3 is 0 Å². The van der Waals surface area contributed by atoms with Crippen molar-refractivity contribution in [3.63, 3.8) is 0 Å². The Bertz CT molecular complexity index is 319. The molecule has 0 spiro atoms. The van der Waals surface area contributed by atoms with Crippen LogP contribution in [0.25, 0.3) is 0 Å². The van der Waals surface area contributed by atoms with Crippen molar-refractivity contribution >= 4 is 17.7 Å². The highest BCUT2D eigenvalue weighted by atomic mass is 32.1. The molecule has 0 amide bonds. The van der Waals surface area contributed by atoms with Gasteiger partial charge in [-0.05, 0) is 37.5 Å². The molecule has 0 heterocycles. The maximum Gasteiger partial charge on any atom is 0.190 e. The van der Waals surface area contributed by atoms with E-state index in [0.717, 1.165) is 5.56 Å². The maximum atomic E-state index is 10.9. The van der Waals surface area contributed by atoms with Crippen LogP contribution in [0.15, 0.2) is 12.1 Å². The largest absolute Gasteiger partial charge is 0.287 e. The molecule has 70 valence electrons. The third-order valence-corrected chi connectivity index (χ3v) is 2.33. The summed E-state index contributed by atoms with van der Waals surface area (Å²) in [4.78, 5) is 10.9. The van der Waals surface area contributed by atoms with E-state index in [-0.39, 0.29) is 5.12 Å². The number of aryl methyl sites for hydroxylation is 3. The van der Waals surface area contributed by atoms with E-state index in [1.165, 1.54) is 16.7 Å². The van der Waals surface area contributed by atoms with Crippen molar-refractivity contribution in [1.82, 2.24) is 0 Å². The van der Waals surface area contributed by atoms with Gasteiger partial charge in [0.2, 0.25) is 0 Å². The Morgan fingerprint density at radius 3 is 2.08 bits per heavy atom. The molecule has 2 heteroatoms. The molecule has 0 aliphatic carbocycles. The van der Waals surface area contributed by atoms with Gasteiger partial charge in [0, 0.05) is 6.42 Å². The lowest BCUT2D eigenvalue weighted by Crippen LogP contribution is -2.00. The highest BCUT2D eigenvalue weighted by Crippen LogP contribution is 2.17. The van der Waals surface area contributed by atoms with E-state index in [1.807, 2.05) is 13.8 Å². The van der Waals surface area contributed by atoms with Crippen molar-refractivity contribution in [2.45, 2.75) is 27.2 Å². The highest BCUT2D eigenvalue weighted by molar-refractivity contribution is 7.96. The number of hydrogen-bond donors (Lipinski definition) is 1. The van der Waals surface area contributed by atoms with Gasteiger partial charge in [-0.2, -0.15) is 0 Å². The van der Waals surface area contributed by atoms with Gasteiger partial charge in [-0.1, -0.05) is 17.7 Å². The summed E-state index contributed by atoms with van der Waals surface area (Å²) in [7, 11) is 0. The zero-order valence-corrected chi connectivity index (χ0v) is 9.11. The van der Waals surface area contributed by atoms with Crippen LogP contribution >= 0.6 is 12.6 Å². The molecule has 0 bridgehead atoms. The van der Waals surface area contributed by atoms with Crippen LogP contribution in [0.2, 0.25) is 0 Å². The van der Waals surface area contributed by atoms with E-state index in [1.54, 1.807) is 0 Å². The molecule has 0 N–H and O–H groups in total. The third-order valence-electron chi connectivity index (χ3n) is 2.17. The number of hydrogen-bond acceptors (Lipinski definition) is 1. The summed E-state index contributed by atoms with van der Waals surface area (Å²) in [6.07, 6.45) is 0.432. The SMILES string of the molecule is Cc1cc(C)c(CC(=O)S)c(C)c1. The molecular formula is C11H14OS. The number of thiol groups is 1. The fraction of sp³-hybridized carbons (Fsp3) is 0.364. The van der Waals surface area contributed by atoms with Crippen LogP contribution in [0.3, 0.4) is 0 Å². The number of rotatable bonds is 2. The molecule has 1 nitrogen and oxygen atoms in total. The Morgan fingerprint density at radius 1 is 1.23 bits per heavy atom. The minimum absolute atomic E-state index is 0.0740. The number of carbonyl (C=O) groups is 1. The molecule has 0 aliphatic heterocycles. The molecule has 1 aromatic carbocycles. The van der Waals surface area contributed by atoms with Crippen molar-refractivity contribution in [2.24, 2.45) is 0 Å². The molecule has 0 fully saturated rings. The van der Waals surface area contributed by atoms with E-state index >= 15 is 0 Å². The van der Waals surface area contributed by atoms with Gasteiger partial charge in [-0.3, -0.25) is 4.79 Å². The summed E-state index contributed by atoms with van der Waals surface area (Å²) < 4.78 is 0. The van der Waals surface area contributed by atoms with E-state index in [2.05, 4.69) is 31.7 Å².